The highest BCUT2D eigenvalue weighted by Gasteiger charge is 2.11. The Hall–Kier alpha value is -1.88. The van der Waals surface area contributed by atoms with Gasteiger partial charge in [-0.1, -0.05) is 20.8 Å². The Balaban J connectivity index is 2.62. The quantitative estimate of drug-likeness (QED) is 0.759. The topological polar surface area (TPSA) is 84.2 Å². The Morgan fingerprint density at radius 1 is 1.05 bits per heavy atom. The van der Waals surface area contributed by atoms with Gasteiger partial charge in [0.2, 0.25) is 11.8 Å². The van der Waals surface area contributed by atoms with E-state index in [9.17, 15) is 9.59 Å². The average Bonchev–Trinajstić information content (AvgIpc) is 2.39. The van der Waals surface area contributed by atoms with Crippen molar-refractivity contribution in [3.05, 3.63) is 24.3 Å². The predicted molar refractivity (Wildman–Crippen MR) is 76.8 cm³/mol. The van der Waals surface area contributed by atoms with Gasteiger partial charge in [-0.15, -0.1) is 0 Å². The maximum atomic E-state index is 11.6. The first kappa shape index (κ1) is 15.2. The third-order valence-electron chi connectivity index (χ3n) is 2.72. The molecule has 2 amide bonds. The number of rotatable bonds is 5. The van der Waals surface area contributed by atoms with Crippen molar-refractivity contribution in [3.8, 4) is 0 Å². The third-order valence-corrected chi connectivity index (χ3v) is 2.72. The Morgan fingerprint density at radius 3 is 1.84 bits per heavy atom. The second-order valence-corrected chi connectivity index (χ2v) is 4.73. The van der Waals surface area contributed by atoms with Crippen molar-refractivity contribution in [1.29, 1.82) is 0 Å². The maximum absolute atomic E-state index is 11.6. The molecule has 5 heteroatoms. The van der Waals surface area contributed by atoms with Crippen LogP contribution in [0.3, 0.4) is 0 Å². The molecule has 1 atom stereocenters. The van der Waals surface area contributed by atoms with Crippen LogP contribution in [0, 0.1) is 5.92 Å². The molecule has 0 aliphatic rings. The summed E-state index contributed by atoms with van der Waals surface area (Å²) in [6, 6.07) is 6.45. The minimum absolute atomic E-state index is 0.0372. The SMILES string of the molecule is CC[C@@H](N)C(=O)Nc1ccc(NC(=O)C(C)C)cc1. The molecule has 0 fully saturated rings. The molecule has 0 saturated heterocycles. The summed E-state index contributed by atoms with van der Waals surface area (Å²) >= 11 is 0. The van der Waals surface area contributed by atoms with Crippen LogP contribution in [0.2, 0.25) is 0 Å². The number of carbonyl (C=O) groups is 2. The number of hydrogen-bond donors (Lipinski definition) is 3. The van der Waals surface area contributed by atoms with Gasteiger partial charge in [-0.25, -0.2) is 0 Å². The number of anilines is 2. The van der Waals surface area contributed by atoms with Gasteiger partial charge in [0.15, 0.2) is 0 Å². The van der Waals surface area contributed by atoms with Crippen LogP contribution in [0.25, 0.3) is 0 Å². The van der Waals surface area contributed by atoms with E-state index in [4.69, 9.17) is 5.73 Å². The van der Waals surface area contributed by atoms with Crippen molar-refractivity contribution in [2.24, 2.45) is 11.7 Å². The number of amides is 2. The number of benzene rings is 1. The lowest BCUT2D eigenvalue weighted by molar-refractivity contribution is -0.119. The number of hydrogen-bond acceptors (Lipinski definition) is 3. The van der Waals surface area contributed by atoms with Crippen LogP contribution in [0.15, 0.2) is 24.3 Å². The van der Waals surface area contributed by atoms with E-state index in [1.54, 1.807) is 24.3 Å². The van der Waals surface area contributed by atoms with Gasteiger partial charge in [-0.3, -0.25) is 9.59 Å². The molecular weight excluding hydrogens is 242 g/mol. The Bertz CT molecular complexity index is 441. The first-order valence-electron chi connectivity index (χ1n) is 6.41. The molecule has 0 bridgehead atoms. The summed E-state index contributed by atoms with van der Waals surface area (Å²) in [7, 11) is 0. The highest BCUT2D eigenvalue weighted by Crippen LogP contribution is 2.14. The molecule has 1 rings (SSSR count). The summed E-state index contributed by atoms with van der Waals surface area (Å²) in [6.07, 6.45) is 0.592. The largest absolute Gasteiger partial charge is 0.326 e. The molecule has 5 nitrogen and oxygen atoms in total. The van der Waals surface area contributed by atoms with Crippen LogP contribution in [0.1, 0.15) is 27.2 Å². The predicted octanol–water partition coefficient (Wildman–Crippen LogP) is 1.96. The lowest BCUT2D eigenvalue weighted by atomic mass is 10.2. The Kier molecular flexibility index (Phi) is 5.51. The molecule has 0 aliphatic heterocycles. The average molecular weight is 263 g/mol. The standard InChI is InChI=1S/C14H21N3O2/c1-4-12(15)14(19)17-11-7-5-10(6-8-11)16-13(18)9(2)3/h5-9,12H,4,15H2,1-3H3,(H,16,18)(H,17,19)/t12-/m1/s1. The molecule has 0 radical (unpaired) electrons. The minimum Gasteiger partial charge on any atom is -0.326 e. The smallest absolute Gasteiger partial charge is 0.241 e. The van der Waals surface area contributed by atoms with Gasteiger partial charge in [-0.05, 0) is 30.7 Å². The molecule has 0 heterocycles. The second-order valence-electron chi connectivity index (χ2n) is 4.73. The summed E-state index contributed by atoms with van der Waals surface area (Å²) in [6.45, 7) is 5.51. The van der Waals surface area contributed by atoms with Crippen molar-refractivity contribution in [2.45, 2.75) is 33.2 Å². The second kappa shape index (κ2) is 6.89. The van der Waals surface area contributed by atoms with E-state index in [1.807, 2.05) is 20.8 Å². The van der Waals surface area contributed by atoms with Crippen molar-refractivity contribution < 1.29 is 9.59 Å². The molecule has 0 saturated carbocycles. The van der Waals surface area contributed by atoms with Gasteiger partial charge in [0.05, 0.1) is 6.04 Å². The van der Waals surface area contributed by atoms with Crippen molar-refractivity contribution >= 4 is 23.2 Å². The highest BCUT2D eigenvalue weighted by molar-refractivity contribution is 5.95. The zero-order valence-electron chi connectivity index (χ0n) is 11.6. The van der Waals surface area contributed by atoms with E-state index in [1.165, 1.54) is 0 Å². The first-order chi connectivity index (χ1) is 8.93. The molecule has 0 spiro atoms. The summed E-state index contributed by atoms with van der Waals surface area (Å²) in [4.78, 5) is 23.1. The fourth-order valence-electron chi connectivity index (χ4n) is 1.34. The minimum atomic E-state index is -0.500. The van der Waals surface area contributed by atoms with Crippen LogP contribution in [0.5, 0.6) is 0 Å². The monoisotopic (exact) mass is 263 g/mol. The van der Waals surface area contributed by atoms with Gasteiger partial charge in [0, 0.05) is 17.3 Å². The summed E-state index contributed by atoms with van der Waals surface area (Å²) < 4.78 is 0. The van der Waals surface area contributed by atoms with Gasteiger partial charge in [-0.2, -0.15) is 0 Å². The molecule has 19 heavy (non-hydrogen) atoms. The molecular formula is C14H21N3O2. The highest BCUT2D eigenvalue weighted by atomic mass is 16.2. The lowest BCUT2D eigenvalue weighted by Gasteiger charge is -2.11. The molecule has 1 aromatic rings. The molecule has 104 valence electrons. The van der Waals surface area contributed by atoms with Crippen molar-refractivity contribution in [1.82, 2.24) is 0 Å². The van der Waals surface area contributed by atoms with E-state index in [-0.39, 0.29) is 17.7 Å². The van der Waals surface area contributed by atoms with E-state index in [0.29, 0.717) is 17.8 Å². The number of carbonyl (C=O) groups excluding carboxylic acids is 2. The summed E-state index contributed by atoms with van der Waals surface area (Å²) in [5.74, 6) is -0.312. The molecule has 0 unspecified atom stereocenters. The number of nitrogens with two attached hydrogens (primary N) is 1. The van der Waals surface area contributed by atoms with E-state index >= 15 is 0 Å². The van der Waals surface area contributed by atoms with Gasteiger partial charge in [0.25, 0.3) is 0 Å². The normalized spacial score (nSPS) is 12.1. The molecule has 4 N–H and O–H groups in total. The zero-order valence-corrected chi connectivity index (χ0v) is 11.6. The number of nitrogens with one attached hydrogen (secondary N) is 2. The summed E-state index contributed by atoms with van der Waals surface area (Å²) in [5.41, 5.74) is 6.99. The molecule has 0 aromatic heterocycles. The van der Waals surface area contributed by atoms with Crippen LogP contribution < -0.4 is 16.4 Å². The van der Waals surface area contributed by atoms with Crippen LogP contribution in [-0.2, 0) is 9.59 Å². The lowest BCUT2D eigenvalue weighted by Crippen LogP contribution is -2.34. The van der Waals surface area contributed by atoms with Gasteiger partial charge >= 0.3 is 0 Å². The molecule has 0 aliphatic carbocycles. The fraction of sp³-hybridized carbons (Fsp3) is 0.429. The van der Waals surface area contributed by atoms with Crippen LogP contribution in [-0.4, -0.2) is 17.9 Å². The maximum Gasteiger partial charge on any atom is 0.241 e. The summed E-state index contributed by atoms with van der Waals surface area (Å²) in [5, 5.41) is 5.50. The van der Waals surface area contributed by atoms with E-state index in [2.05, 4.69) is 10.6 Å². The Morgan fingerprint density at radius 2 is 1.47 bits per heavy atom. The van der Waals surface area contributed by atoms with Crippen LogP contribution >= 0.6 is 0 Å². The van der Waals surface area contributed by atoms with E-state index in [0.717, 1.165) is 0 Å². The van der Waals surface area contributed by atoms with Crippen molar-refractivity contribution in [3.63, 3.8) is 0 Å². The van der Waals surface area contributed by atoms with E-state index < -0.39 is 6.04 Å². The molecule has 1 aromatic carbocycles. The van der Waals surface area contributed by atoms with Gasteiger partial charge in [0.1, 0.15) is 0 Å². The fourth-order valence-corrected chi connectivity index (χ4v) is 1.34. The Labute approximate surface area is 113 Å². The third kappa shape index (κ3) is 4.71. The zero-order chi connectivity index (χ0) is 14.4. The van der Waals surface area contributed by atoms with Gasteiger partial charge < -0.3 is 16.4 Å². The van der Waals surface area contributed by atoms with Crippen LogP contribution in [0.4, 0.5) is 11.4 Å². The first-order valence-corrected chi connectivity index (χ1v) is 6.41. The van der Waals surface area contributed by atoms with Crippen molar-refractivity contribution in [2.75, 3.05) is 10.6 Å².